The minimum Gasteiger partial charge on any atom is -0.396 e. The van der Waals surface area contributed by atoms with Crippen molar-refractivity contribution in [3.63, 3.8) is 0 Å². The number of halogens is 2. The van der Waals surface area contributed by atoms with Gasteiger partial charge in [0.1, 0.15) is 21.5 Å². The molecule has 4 rings (SSSR count). The average Bonchev–Trinajstić information content (AvgIpc) is 3.56. The van der Waals surface area contributed by atoms with Crippen molar-refractivity contribution in [3.8, 4) is 0 Å². The third-order valence-corrected chi connectivity index (χ3v) is 6.95. The summed E-state index contributed by atoms with van der Waals surface area (Å²) in [7, 11) is 1.52. The number of aliphatic hydroxyl groups is 1. The number of carbonyl (C=O) groups is 1. The quantitative estimate of drug-likeness (QED) is 0.579. The Bertz CT molecular complexity index is 1000. The second kappa shape index (κ2) is 9.56. The Morgan fingerprint density at radius 3 is 2.72 bits per heavy atom. The van der Waals surface area contributed by atoms with Crippen LogP contribution < -0.4 is 0 Å². The first kappa shape index (κ1) is 22.7. The Morgan fingerprint density at radius 2 is 2.03 bits per heavy atom. The van der Waals surface area contributed by atoms with E-state index in [0.717, 1.165) is 41.7 Å². The van der Waals surface area contributed by atoms with Gasteiger partial charge in [0.25, 0.3) is 0 Å². The highest BCUT2D eigenvalue weighted by molar-refractivity contribution is 8.15. The fourth-order valence-electron chi connectivity index (χ4n) is 3.55. The number of hydrogen-bond acceptors (Lipinski definition) is 5. The van der Waals surface area contributed by atoms with Crippen LogP contribution in [0.15, 0.2) is 53.6 Å². The first-order chi connectivity index (χ1) is 15.4. The van der Waals surface area contributed by atoms with E-state index in [0.29, 0.717) is 25.4 Å². The van der Waals surface area contributed by atoms with Crippen molar-refractivity contribution in [1.29, 1.82) is 0 Å². The number of hydrazone groups is 1. The minimum absolute atomic E-state index is 0.0174. The van der Waals surface area contributed by atoms with Gasteiger partial charge in [0.15, 0.2) is 0 Å². The molecule has 2 aromatic carbocycles. The molecule has 1 heterocycles. The van der Waals surface area contributed by atoms with E-state index in [1.165, 1.54) is 23.8 Å². The smallest absolute Gasteiger partial charge is 0.365 e. The van der Waals surface area contributed by atoms with Gasteiger partial charge in [-0.1, -0.05) is 42.1 Å². The Morgan fingerprint density at radius 1 is 1.28 bits per heavy atom. The highest BCUT2D eigenvalue weighted by atomic mass is 32.2. The summed E-state index contributed by atoms with van der Waals surface area (Å²) < 4.78 is 28.5. The maximum atomic E-state index is 14.6. The average molecular weight is 462 g/mol. The monoisotopic (exact) mass is 461 g/mol. The molecule has 170 valence electrons. The van der Waals surface area contributed by atoms with Crippen molar-refractivity contribution in [2.24, 2.45) is 11.0 Å². The largest absolute Gasteiger partial charge is 0.396 e. The van der Waals surface area contributed by atoms with Crippen molar-refractivity contribution in [3.05, 3.63) is 71.3 Å². The van der Waals surface area contributed by atoms with Crippen molar-refractivity contribution < 1.29 is 23.5 Å². The number of benzene rings is 2. The second-order valence-corrected chi connectivity index (χ2v) is 9.21. The highest BCUT2D eigenvalue weighted by Gasteiger charge is 2.49. The summed E-state index contributed by atoms with van der Waals surface area (Å²) in [6, 6.07) is 11.9. The first-order valence-electron chi connectivity index (χ1n) is 10.5. The zero-order chi connectivity index (χ0) is 22.7. The standard InChI is InChI=1S/C23H25F2N3O3S/c1-27(31-15-16-8-9-16)22(30)28-23(12-5-13-29,17-6-3-2-4-7-17)32-21(26-28)19-14-18(24)10-11-20(19)25/h2-4,6-7,10-11,14,16,29H,5,8-9,12-13,15H2,1H3. The molecule has 1 fully saturated rings. The number of aliphatic hydroxyl groups excluding tert-OH is 1. The van der Waals surface area contributed by atoms with Gasteiger partial charge in [-0.25, -0.2) is 18.6 Å². The minimum atomic E-state index is -1.05. The van der Waals surface area contributed by atoms with Crippen LogP contribution in [0.5, 0.6) is 0 Å². The fourth-order valence-corrected chi connectivity index (χ4v) is 4.97. The number of thioether (sulfide) groups is 1. The van der Waals surface area contributed by atoms with E-state index in [9.17, 15) is 18.7 Å². The molecule has 1 atom stereocenters. The Balaban J connectivity index is 1.75. The first-order valence-corrected chi connectivity index (χ1v) is 11.4. The van der Waals surface area contributed by atoms with Crippen LogP contribution in [0.3, 0.4) is 0 Å². The molecule has 1 aliphatic carbocycles. The zero-order valence-corrected chi connectivity index (χ0v) is 18.5. The molecule has 2 amide bonds. The van der Waals surface area contributed by atoms with Gasteiger partial charge in [-0.15, -0.1) is 0 Å². The van der Waals surface area contributed by atoms with Crippen LogP contribution in [0.25, 0.3) is 0 Å². The van der Waals surface area contributed by atoms with Gasteiger partial charge in [0, 0.05) is 19.2 Å². The summed E-state index contributed by atoms with van der Waals surface area (Å²) >= 11 is 1.17. The molecular weight excluding hydrogens is 436 g/mol. The van der Waals surface area contributed by atoms with Gasteiger partial charge in [-0.05, 0) is 55.4 Å². The molecule has 0 aromatic heterocycles. The van der Waals surface area contributed by atoms with Gasteiger partial charge >= 0.3 is 6.03 Å². The molecule has 32 heavy (non-hydrogen) atoms. The van der Waals surface area contributed by atoms with Crippen molar-refractivity contribution in [2.75, 3.05) is 20.3 Å². The number of urea groups is 1. The normalized spacial score (nSPS) is 20.4. The van der Waals surface area contributed by atoms with Crippen LogP contribution in [0.4, 0.5) is 13.6 Å². The summed E-state index contributed by atoms with van der Waals surface area (Å²) in [6.45, 7) is 0.349. The molecule has 6 nitrogen and oxygen atoms in total. The lowest BCUT2D eigenvalue weighted by molar-refractivity contribution is -0.115. The number of amides is 2. The summed E-state index contributed by atoms with van der Waals surface area (Å²) in [6.07, 6.45) is 2.89. The molecule has 1 aliphatic heterocycles. The second-order valence-electron chi connectivity index (χ2n) is 7.94. The molecule has 1 N–H and O–H groups in total. The van der Waals surface area contributed by atoms with E-state index >= 15 is 0 Å². The molecule has 0 radical (unpaired) electrons. The predicted molar refractivity (Wildman–Crippen MR) is 119 cm³/mol. The highest BCUT2D eigenvalue weighted by Crippen LogP contribution is 2.51. The summed E-state index contributed by atoms with van der Waals surface area (Å²) in [5, 5.41) is 16.6. The van der Waals surface area contributed by atoms with Crippen LogP contribution in [0.1, 0.15) is 36.8 Å². The molecule has 0 saturated heterocycles. The van der Waals surface area contributed by atoms with Crippen LogP contribution >= 0.6 is 11.8 Å². The molecule has 9 heteroatoms. The number of nitrogens with zero attached hydrogens (tertiary/aromatic N) is 3. The molecular formula is C23H25F2N3O3S. The van der Waals surface area contributed by atoms with Gasteiger partial charge in [0.05, 0.1) is 6.61 Å². The Labute approximate surface area is 189 Å². The van der Waals surface area contributed by atoms with E-state index in [2.05, 4.69) is 5.10 Å². The Hall–Kier alpha value is -2.49. The third-order valence-electron chi connectivity index (χ3n) is 5.51. The lowest BCUT2D eigenvalue weighted by Crippen LogP contribution is -2.47. The lowest BCUT2D eigenvalue weighted by Gasteiger charge is -2.37. The molecule has 2 aromatic rings. The fraction of sp³-hybridized carbons (Fsp3) is 0.391. The third kappa shape index (κ3) is 4.65. The molecule has 1 saturated carbocycles. The molecule has 0 bridgehead atoms. The van der Waals surface area contributed by atoms with E-state index < -0.39 is 22.5 Å². The maximum absolute atomic E-state index is 14.6. The predicted octanol–water partition coefficient (Wildman–Crippen LogP) is 4.69. The van der Waals surface area contributed by atoms with Gasteiger partial charge in [-0.3, -0.25) is 4.84 Å². The number of rotatable bonds is 8. The summed E-state index contributed by atoms with van der Waals surface area (Å²) in [4.78, 5) is 18.0. The van der Waals surface area contributed by atoms with Crippen LogP contribution in [-0.2, 0) is 9.71 Å². The van der Waals surface area contributed by atoms with Crippen LogP contribution in [-0.4, -0.2) is 46.5 Å². The zero-order valence-electron chi connectivity index (χ0n) is 17.7. The summed E-state index contributed by atoms with van der Waals surface area (Å²) in [5.74, 6) is -0.777. The Kier molecular flexibility index (Phi) is 6.78. The number of carbonyl (C=O) groups excluding carboxylic acids is 1. The maximum Gasteiger partial charge on any atom is 0.365 e. The van der Waals surface area contributed by atoms with Gasteiger partial charge < -0.3 is 5.11 Å². The van der Waals surface area contributed by atoms with Crippen LogP contribution in [0, 0.1) is 17.6 Å². The van der Waals surface area contributed by atoms with E-state index in [-0.39, 0.29) is 17.2 Å². The lowest BCUT2D eigenvalue weighted by atomic mass is 10.0. The molecule has 1 unspecified atom stereocenters. The van der Waals surface area contributed by atoms with Crippen LogP contribution in [0.2, 0.25) is 0 Å². The SMILES string of the molecule is CN(OCC1CC1)C(=O)N1N=C(c2cc(F)ccc2F)SC1(CCCO)c1ccccc1. The van der Waals surface area contributed by atoms with E-state index in [4.69, 9.17) is 4.84 Å². The number of hydrogen-bond donors (Lipinski definition) is 1. The van der Waals surface area contributed by atoms with Crippen molar-refractivity contribution >= 4 is 22.8 Å². The van der Waals surface area contributed by atoms with Crippen molar-refractivity contribution in [2.45, 2.75) is 30.6 Å². The van der Waals surface area contributed by atoms with Crippen molar-refractivity contribution in [1.82, 2.24) is 10.1 Å². The molecule has 0 spiro atoms. The number of hydroxylamine groups is 2. The van der Waals surface area contributed by atoms with Gasteiger partial charge in [0.2, 0.25) is 0 Å². The molecule has 2 aliphatic rings. The van der Waals surface area contributed by atoms with Gasteiger partial charge in [-0.2, -0.15) is 10.1 Å². The topological polar surface area (TPSA) is 65.4 Å². The summed E-state index contributed by atoms with van der Waals surface area (Å²) in [5.41, 5.74) is 0.745. The van der Waals surface area contributed by atoms with E-state index in [1.54, 1.807) is 0 Å². The van der Waals surface area contributed by atoms with E-state index in [1.807, 2.05) is 30.3 Å².